The fourth-order valence-corrected chi connectivity index (χ4v) is 3.28. The third-order valence-corrected chi connectivity index (χ3v) is 4.42. The van der Waals surface area contributed by atoms with Crippen molar-refractivity contribution in [2.24, 2.45) is 11.1 Å². The summed E-state index contributed by atoms with van der Waals surface area (Å²) in [7, 11) is 0. The van der Waals surface area contributed by atoms with E-state index in [2.05, 4.69) is 18.2 Å². The maximum atomic E-state index is 5.75. The molecule has 2 nitrogen and oxygen atoms in total. The van der Waals surface area contributed by atoms with Crippen molar-refractivity contribution in [2.45, 2.75) is 38.5 Å². The van der Waals surface area contributed by atoms with Crippen LogP contribution in [0, 0.1) is 5.41 Å². The van der Waals surface area contributed by atoms with E-state index in [-0.39, 0.29) is 0 Å². The Hall–Kier alpha value is -1.02. The molecule has 0 saturated heterocycles. The molecular weight excluding hydrogens is 210 g/mol. The van der Waals surface area contributed by atoms with Crippen LogP contribution in [0.15, 0.2) is 18.2 Å². The largest absolute Gasteiger partial charge is 0.493 e. The molecule has 2 heteroatoms. The van der Waals surface area contributed by atoms with Crippen LogP contribution in [0.5, 0.6) is 5.75 Å². The first-order chi connectivity index (χ1) is 8.31. The van der Waals surface area contributed by atoms with Gasteiger partial charge in [0.05, 0.1) is 6.61 Å². The molecule has 0 atom stereocenters. The van der Waals surface area contributed by atoms with E-state index in [1.54, 1.807) is 0 Å². The van der Waals surface area contributed by atoms with Crippen LogP contribution in [0.2, 0.25) is 0 Å². The van der Waals surface area contributed by atoms with Crippen molar-refractivity contribution in [2.75, 3.05) is 13.2 Å². The fraction of sp³-hybridized carbons (Fsp3) is 0.600. The molecule has 1 saturated carbocycles. The summed E-state index contributed by atoms with van der Waals surface area (Å²) in [5.74, 6) is 1.09. The van der Waals surface area contributed by atoms with Crippen molar-refractivity contribution in [1.29, 1.82) is 0 Å². The summed E-state index contributed by atoms with van der Waals surface area (Å²) < 4.78 is 5.55. The molecule has 0 amide bonds. The first-order valence-corrected chi connectivity index (χ1v) is 6.76. The van der Waals surface area contributed by atoms with E-state index in [9.17, 15) is 0 Å². The lowest BCUT2D eigenvalue weighted by Crippen LogP contribution is -2.34. The van der Waals surface area contributed by atoms with Crippen molar-refractivity contribution in [3.05, 3.63) is 29.3 Å². The van der Waals surface area contributed by atoms with Crippen molar-refractivity contribution in [3.63, 3.8) is 0 Å². The number of benzene rings is 1. The van der Waals surface area contributed by atoms with Crippen molar-refractivity contribution < 1.29 is 4.74 Å². The van der Waals surface area contributed by atoms with E-state index < -0.39 is 0 Å². The molecule has 1 aromatic rings. The minimum absolute atomic E-state index is 0.516. The third kappa shape index (κ3) is 2.06. The quantitative estimate of drug-likeness (QED) is 0.864. The van der Waals surface area contributed by atoms with E-state index >= 15 is 0 Å². The Kier molecular flexibility index (Phi) is 2.83. The lowest BCUT2D eigenvalue weighted by molar-refractivity contribution is 0.123. The van der Waals surface area contributed by atoms with Gasteiger partial charge in [0.2, 0.25) is 0 Å². The summed E-state index contributed by atoms with van der Waals surface area (Å²) in [6.45, 7) is 1.68. The lowest BCUT2D eigenvalue weighted by atomic mass is 9.63. The highest BCUT2D eigenvalue weighted by atomic mass is 16.5. The Balaban J connectivity index is 1.76. The van der Waals surface area contributed by atoms with Crippen LogP contribution < -0.4 is 10.5 Å². The summed E-state index contributed by atoms with van der Waals surface area (Å²) in [4.78, 5) is 0. The molecule has 1 aromatic carbocycles. The SMILES string of the molecule is NCCC1(Cc2ccc3c(c2)CCO3)CCC1. The number of hydrogen-bond acceptors (Lipinski definition) is 2. The molecular formula is C15H21NO. The van der Waals surface area contributed by atoms with Gasteiger partial charge in [-0.2, -0.15) is 0 Å². The molecule has 2 aliphatic rings. The Morgan fingerprint density at radius 1 is 1.29 bits per heavy atom. The first-order valence-electron chi connectivity index (χ1n) is 6.76. The van der Waals surface area contributed by atoms with Crippen LogP contribution in [-0.4, -0.2) is 13.2 Å². The number of hydrogen-bond donors (Lipinski definition) is 1. The first kappa shape index (κ1) is 11.1. The second kappa shape index (κ2) is 4.34. The normalized spacial score (nSPS) is 20.5. The second-order valence-corrected chi connectivity index (χ2v) is 5.61. The molecule has 3 rings (SSSR count). The van der Waals surface area contributed by atoms with Gasteiger partial charge < -0.3 is 10.5 Å². The summed E-state index contributed by atoms with van der Waals surface area (Å²) in [6, 6.07) is 6.73. The van der Waals surface area contributed by atoms with Gasteiger partial charge in [-0.25, -0.2) is 0 Å². The van der Waals surface area contributed by atoms with Crippen molar-refractivity contribution >= 4 is 0 Å². The predicted octanol–water partition coefficient (Wildman–Crippen LogP) is 2.68. The minimum Gasteiger partial charge on any atom is -0.493 e. The lowest BCUT2D eigenvalue weighted by Gasteiger charge is -2.42. The third-order valence-electron chi connectivity index (χ3n) is 4.42. The highest BCUT2D eigenvalue weighted by molar-refractivity contribution is 5.40. The summed E-state index contributed by atoms with van der Waals surface area (Å²) in [5.41, 5.74) is 9.13. The van der Waals surface area contributed by atoms with Gasteiger partial charge in [-0.15, -0.1) is 0 Å². The highest BCUT2D eigenvalue weighted by Gasteiger charge is 2.36. The molecule has 17 heavy (non-hydrogen) atoms. The summed E-state index contributed by atoms with van der Waals surface area (Å²) in [6.07, 6.45) is 7.56. The summed E-state index contributed by atoms with van der Waals surface area (Å²) >= 11 is 0. The van der Waals surface area contributed by atoms with E-state index in [1.807, 2.05) is 0 Å². The molecule has 0 spiro atoms. The minimum atomic E-state index is 0.516. The second-order valence-electron chi connectivity index (χ2n) is 5.61. The van der Waals surface area contributed by atoms with Gasteiger partial charge in [0.15, 0.2) is 0 Å². The average Bonchev–Trinajstić information content (AvgIpc) is 2.73. The zero-order valence-corrected chi connectivity index (χ0v) is 10.4. The molecule has 1 fully saturated rings. The van der Waals surface area contributed by atoms with Gasteiger partial charge >= 0.3 is 0 Å². The van der Waals surface area contributed by atoms with Gasteiger partial charge in [0.25, 0.3) is 0 Å². The van der Waals surface area contributed by atoms with E-state index in [1.165, 1.54) is 43.2 Å². The van der Waals surface area contributed by atoms with E-state index in [0.717, 1.165) is 25.3 Å². The van der Waals surface area contributed by atoms with Gasteiger partial charge in [-0.3, -0.25) is 0 Å². The molecule has 0 aromatic heterocycles. The van der Waals surface area contributed by atoms with Crippen LogP contribution in [0.4, 0.5) is 0 Å². The van der Waals surface area contributed by atoms with Gasteiger partial charge in [-0.1, -0.05) is 18.6 Å². The number of rotatable bonds is 4. The Labute approximate surface area is 103 Å². The number of ether oxygens (including phenoxy) is 1. The standard InChI is InChI=1S/C15H21NO/c16-8-7-15(5-1-6-15)11-12-2-3-14-13(10-12)4-9-17-14/h2-3,10H,1,4-9,11,16H2. The topological polar surface area (TPSA) is 35.2 Å². The zero-order valence-electron chi connectivity index (χ0n) is 10.4. The van der Waals surface area contributed by atoms with Crippen molar-refractivity contribution in [3.8, 4) is 5.75 Å². The Morgan fingerprint density at radius 3 is 2.88 bits per heavy atom. The molecule has 1 aliphatic carbocycles. The molecule has 0 unspecified atom stereocenters. The number of fused-ring (bicyclic) bond motifs is 1. The van der Waals surface area contributed by atoms with Crippen molar-refractivity contribution in [1.82, 2.24) is 0 Å². The van der Waals surface area contributed by atoms with Crippen LogP contribution in [0.3, 0.4) is 0 Å². The molecule has 2 N–H and O–H groups in total. The van der Waals surface area contributed by atoms with Crippen LogP contribution in [0.1, 0.15) is 36.8 Å². The van der Waals surface area contributed by atoms with Crippen LogP contribution in [0.25, 0.3) is 0 Å². The van der Waals surface area contributed by atoms with E-state index in [4.69, 9.17) is 10.5 Å². The Morgan fingerprint density at radius 2 is 2.18 bits per heavy atom. The number of nitrogens with two attached hydrogens (primary N) is 1. The van der Waals surface area contributed by atoms with Gasteiger partial charge in [0, 0.05) is 6.42 Å². The highest BCUT2D eigenvalue weighted by Crippen LogP contribution is 2.46. The van der Waals surface area contributed by atoms with Gasteiger partial charge in [0.1, 0.15) is 5.75 Å². The molecule has 0 bridgehead atoms. The monoisotopic (exact) mass is 231 g/mol. The van der Waals surface area contributed by atoms with Crippen LogP contribution >= 0.6 is 0 Å². The van der Waals surface area contributed by atoms with E-state index in [0.29, 0.717) is 5.41 Å². The zero-order chi connectivity index (χ0) is 11.7. The molecule has 92 valence electrons. The smallest absolute Gasteiger partial charge is 0.122 e. The fourth-order valence-electron chi connectivity index (χ4n) is 3.28. The predicted molar refractivity (Wildman–Crippen MR) is 69.3 cm³/mol. The molecule has 1 heterocycles. The molecule has 1 aliphatic heterocycles. The molecule has 0 radical (unpaired) electrons. The maximum absolute atomic E-state index is 5.75. The average molecular weight is 231 g/mol. The Bertz CT molecular complexity index is 409. The summed E-state index contributed by atoms with van der Waals surface area (Å²) in [5, 5.41) is 0. The van der Waals surface area contributed by atoms with Gasteiger partial charge in [-0.05, 0) is 54.8 Å². The van der Waals surface area contributed by atoms with Crippen LogP contribution in [-0.2, 0) is 12.8 Å². The maximum Gasteiger partial charge on any atom is 0.122 e.